The van der Waals surface area contributed by atoms with Crippen LogP contribution < -0.4 is 5.32 Å². The van der Waals surface area contributed by atoms with Gasteiger partial charge >= 0.3 is 5.97 Å². The Labute approximate surface area is 123 Å². The van der Waals surface area contributed by atoms with Gasteiger partial charge in [-0.3, -0.25) is 0 Å². The number of hydrogen-bond donors (Lipinski definition) is 1. The molecule has 2 aromatic rings. The lowest BCUT2D eigenvalue weighted by Gasteiger charge is -2.09. The van der Waals surface area contributed by atoms with Crippen LogP contribution in [0.15, 0.2) is 45.1 Å². The zero-order valence-electron chi connectivity index (χ0n) is 10.7. The van der Waals surface area contributed by atoms with Crippen LogP contribution in [0.2, 0.25) is 0 Å². The standard InChI is InChI=1S/C14H12BrNO4/c1-2-18-14(17)12-7-16-13(20-12)11-5-8-3-4-9(15)6-10(8)19-11/h3-7,13,16H,2H2,1H3. The Bertz CT molecular complexity index is 692. The number of carbonyl (C=O) groups is 1. The molecule has 0 aliphatic carbocycles. The maximum absolute atomic E-state index is 11.5. The van der Waals surface area contributed by atoms with Gasteiger partial charge in [0.15, 0.2) is 5.76 Å². The summed E-state index contributed by atoms with van der Waals surface area (Å²) in [5, 5.41) is 3.92. The average Bonchev–Trinajstić information content (AvgIpc) is 3.04. The first-order valence-electron chi connectivity index (χ1n) is 6.16. The highest BCUT2D eigenvalue weighted by atomic mass is 79.9. The summed E-state index contributed by atoms with van der Waals surface area (Å²) < 4.78 is 17.0. The molecule has 20 heavy (non-hydrogen) atoms. The summed E-state index contributed by atoms with van der Waals surface area (Å²) in [5.74, 6) is 0.272. The molecule has 2 heterocycles. The van der Waals surface area contributed by atoms with Crippen LogP contribution in [0.3, 0.4) is 0 Å². The van der Waals surface area contributed by atoms with E-state index in [0.29, 0.717) is 12.4 Å². The van der Waals surface area contributed by atoms with E-state index >= 15 is 0 Å². The minimum atomic E-state index is -0.513. The normalized spacial score (nSPS) is 17.5. The lowest BCUT2D eigenvalue weighted by atomic mass is 10.2. The van der Waals surface area contributed by atoms with Crippen molar-refractivity contribution in [1.82, 2.24) is 5.32 Å². The SMILES string of the molecule is CCOC(=O)C1=CNC(c2cc3ccc(Br)cc3o2)O1. The molecular weight excluding hydrogens is 326 g/mol. The molecule has 5 nitrogen and oxygen atoms in total. The second-order valence-electron chi connectivity index (χ2n) is 4.22. The van der Waals surface area contributed by atoms with Crippen molar-refractivity contribution in [1.29, 1.82) is 0 Å². The third kappa shape index (κ3) is 2.38. The molecule has 0 bridgehead atoms. The number of halogens is 1. The highest BCUT2D eigenvalue weighted by Crippen LogP contribution is 2.30. The summed E-state index contributed by atoms with van der Waals surface area (Å²) in [6.45, 7) is 2.05. The molecule has 104 valence electrons. The van der Waals surface area contributed by atoms with Gasteiger partial charge in [-0.15, -0.1) is 0 Å². The largest absolute Gasteiger partial charge is 0.460 e. The minimum Gasteiger partial charge on any atom is -0.460 e. The summed E-state index contributed by atoms with van der Waals surface area (Å²) in [6, 6.07) is 7.64. The van der Waals surface area contributed by atoms with Crippen molar-refractivity contribution in [2.45, 2.75) is 13.2 Å². The molecule has 0 radical (unpaired) electrons. The summed E-state index contributed by atoms with van der Waals surface area (Å²) >= 11 is 3.39. The van der Waals surface area contributed by atoms with E-state index in [-0.39, 0.29) is 5.76 Å². The molecule has 1 aromatic heterocycles. The molecule has 0 fully saturated rings. The van der Waals surface area contributed by atoms with Gasteiger partial charge in [-0.1, -0.05) is 15.9 Å². The molecule has 6 heteroatoms. The van der Waals surface area contributed by atoms with E-state index in [1.807, 2.05) is 24.3 Å². The monoisotopic (exact) mass is 337 g/mol. The number of benzene rings is 1. The number of hydrogen-bond acceptors (Lipinski definition) is 5. The topological polar surface area (TPSA) is 60.7 Å². The zero-order chi connectivity index (χ0) is 14.1. The van der Waals surface area contributed by atoms with Gasteiger partial charge in [0.05, 0.1) is 12.8 Å². The van der Waals surface area contributed by atoms with Crippen molar-refractivity contribution < 1.29 is 18.7 Å². The first kappa shape index (κ1) is 13.1. The van der Waals surface area contributed by atoms with Crippen LogP contribution in [-0.4, -0.2) is 12.6 Å². The van der Waals surface area contributed by atoms with E-state index in [4.69, 9.17) is 13.9 Å². The number of furan rings is 1. The van der Waals surface area contributed by atoms with Gasteiger partial charge in [-0.05, 0) is 31.2 Å². The first-order chi connectivity index (χ1) is 9.67. The van der Waals surface area contributed by atoms with Crippen LogP contribution >= 0.6 is 15.9 Å². The maximum atomic E-state index is 11.5. The smallest absolute Gasteiger partial charge is 0.375 e. The van der Waals surface area contributed by atoms with Crippen LogP contribution in [0.1, 0.15) is 18.9 Å². The van der Waals surface area contributed by atoms with Gasteiger partial charge < -0.3 is 19.2 Å². The molecule has 1 atom stereocenters. The van der Waals surface area contributed by atoms with Crippen LogP contribution in [-0.2, 0) is 14.3 Å². The molecule has 0 saturated carbocycles. The Hall–Kier alpha value is -1.95. The number of esters is 1. The number of carbonyl (C=O) groups excluding carboxylic acids is 1. The Morgan fingerprint density at radius 1 is 1.45 bits per heavy atom. The first-order valence-corrected chi connectivity index (χ1v) is 6.95. The van der Waals surface area contributed by atoms with E-state index < -0.39 is 12.2 Å². The molecular formula is C14H12BrNO4. The van der Waals surface area contributed by atoms with Crippen molar-refractivity contribution in [3.05, 3.63) is 46.5 Å². The Kier molecular flexibility index (Phi) is 3.40. The molecule has 1 aliphatic heterocycles. The molecule has 3 rings (SSSR count). The predicted octanol–water partition coefficient (Wildman–Crippen LogP) is 3.22. The maximum Gasteiger partial charge on any atom is 0.375 e. The Balaban J connectivity index is 1.79. The predicted molar refractivity (Wildman–Crippen MR) is 75.6 cm³/mol. The van der Waals surface area contributed by atoms with Crippen molar-refractivity contribution in [3.63, 3.8) is 0 Å². The number of nitrogens with one attached hydrogen (secondary N) is 1. The lowest BCUT2D eigenvalue weighted by molar-refractivity contribution is -0.143. The number of fused-ring (bicyclic) bond motifs is 1. The third-order valence-electron chi connectivity index (χ3n) is 2.85. The fraction of sp³-hybridized carbons (Fsp3) is 0.214. The second-order valence-corrected chi connectivity index (χ2v) is 5.14. The summed E-state index contributed by atoms with van der Waals surface area (Å²) in [5.41, 5.74) is 0.754. The Morgan fingerprint density at radius 3 is 3.10 bits per heavy atom. The quantitative estimate of drug-likeness (QED) is 0.871. The van der Waals surface area contributed by atoms with Gasteiger partial charge in [0.25, 0.3) is 0 Å². The molecule has 0 amide bonds. The van der Waals surface area contributed by atoms with Crippen molar-refractivity contribution in [2.75, 3.05) is 6.61 Å². The summed E-state index contributed by atoms with van der Waals surface area (Å²) in [4.78, 5) is 11.5. The van der Waals surface area contributed by atoms with Gasteiger partial charge in [0.2, 0.25) is 12.0 Å². The molecule has 0 saturated heterocycles. The number of ether oxygens (including phenoxy) is 2. The second kappa shape index (κ2) is 5.20. The number of rotatable bonds is 3. The van der Waals surface area contributed by atoms with Crippen LogP contribution in [0.4, 0.5) is 0 Å². The fourth-order valence-corrected chi connectivity index (χ4v) is 2.29. The minimum absolute atomic E-state index is 0.151. The lowest BCUT2D eigenvalue weighted by Crippen LogP contribution is -2.12. The molecule has 0 spiro atoms. The third-order valence-corrected chi connectivity index (χ3v) is 3.34. The molecule has 1 N–H and O–H groups in total. The Morgan fingerprint density at radius 2 is 2.30 bits per heavy atom. The van der Waals surface area contributed by atoms with Crippen LogP contribution in [0, 0.1) is 0 Å². The zero-order valence-corrected chi connectivity index (χ0v) is 12.3. The van der Waals surface area contributed by atoms with E-state index in [2.05, 4.69) is 21.2 Å². The summed E-state index contributed by atoms with van der Waals surface area (Å²) in [6.07, 6.45) is 0.978. The fourth-order valence-electron chi connectivity index (χ4n) is 1.95. The molecule has 1 aromatic carbocycles. The van der Waals surface area contributed by atoms with Crippen molar-refractivity contribution in [3.8, 4) is 0 Å². The van der Waals surface area contributed by atoms with Crippen LogP contribution in [0.25, 0.3) is 11.0 Å². The van der Waals surface area contributed by atoms with Crippen molar-refractivity contribution >= 4 is 32.9 Å². The van der Waals surface area contributed by atoms with E-state index in [1.54, 1.807) is 6.92 Å². The summed E-state index contributed by atoms with van der Waals surface area (Å²) in [7, 11) is 0. The van der Waals surface area contributed by atoms with E-state index in [0.717, 1.165) is 15.4 Å². The highest BCUT2D eigenvalue weighted by molar-refractivity contribution is 9.10. The van der Waals surface area contributed by atoms with Gasteiger partial charge in [-0.25, -0.2) is 4.79 Å². The average molecular weight is 338 g/mol. The van der Waals surface area contributed by atoms with Gasteiger partial charge in [-0.2, -0.15) is 0 Å². The van der Waals surface area contributed by atoms with Gasteiger partial charge in [0, 0.05) is 9.86 Å². The highest BCUT2D eigenvalue weighted by Gasteiger charge is 2.27. The molecule has 1 aliphatic rings. The van der Waals surface area contributed by atoms with E-state index in [9.17, 15) is 4.79 Å². The molecule has 1 unspecified atom stereocenters. The van der Waals surface area contributed by atoms with E-state index in [1.165, 1.54) is 6.20 Å². The van der Waals surface area contributed by atoms with Gasteiger partial charge in [0.1, 0.15) is 5.58 Å². The van der Waals surface area contributed by atoms with Crippen LogP contribution in [0.5, 0.6) is 0 Å². The van der Waals surface area contributed by atoms with Crippen molar-refractivity contribution in [2.24, 2.45) is 0 Å².